The lowest BCUT2D eigenvalue weighted by molar-refractivity contribution is 0.0589. The number of phenolic OH excluding ortho intramolecular Hbond substituents is 1. The summed E-state index contributed by atoms with van der Waals surface area (Å²) in [6.07, 6.45) is 2.42. The SMILES string of the molecule is COC(=O)c1c(CCCO)c2ccc(Cl)c(-c3c(CSCc4cc(CCc5cc(O)c6ccc(F)cc6c5)n(C)n4)c(C)nn3C)c2n1C. The van der Waals surface area contributed by atoms with Gasteiger partial charge in [0.2, 0.25) is 0 Å². The van der Waals surface area contributed by atoms with E-state index in [-0.39, 0.29) is 18.2 Å². The van der Waals surface area contributed by atoms with Crippen molar-refractivity contribution in [3.8, 4) is 17.0 Å². The van der Waals surface area contributed by atoms with Crippen molar-refractivity contribution < 1.29 is 24.1 Å². The number of esters is 1. The molecule has 0 saturated carbocycles. The molecule has 0 aliphatic rings. The summed E-state index contributed by atoms with van der Waals surface area (Å²) in [6, 6.07) is 14.0. The lowest BCUT2D eigenvalue weighted by Crippen LogP contribution is -2.11. The molecule has 0 fully saturated rings. The van der Waals surface area contributed by atoms with Gasteiger partial charge in [0.25, 0.3) is 0 Å². The fourth-order valence-electron chi connectivity index (χ4n) is 6.81. The van der Waals surface area contributed by atoms with Gasteiger partial charge in [0.05, 0.1) is 34.7 Å². The predicted molar refractivity (Wildman–Crippen MR) is 193 cm³/mol. The van der Waals surface area contributed by atoms with E-state index in [0.29, 0.717) is 58.7 Å². The molecule has 0 aliphatic heterocycles. The van der Waals surface area contributed by atoms with Crippen molar-refractivity contribution in [2.45, 2.75) is 44.1 Å². The van der Waals surface area contributed by atoms with Crippen LogP contribution in [0.25, 0.3) is 32.9 Å². The summed E-state index contributed by atoms with van der Waals surface area (Å²) in [5.41, 5.74) is 8.64. The molecule has 0 aliphatic carbocycles. The van der Waals surface area contributed by atoms with Gasteiger partial charge < -0.3 is 19.5 Å². The summed E-state index contributed by atoms with van der Waals surface area (Å²) in [6.45, 7) is 2.00. The highest BCUT2D eigenvalue weighted by molar-refractivity contribution is 7.97. The molecule has 0 bridgehead atoms. The first-order chi connectivity index (χ1) is 23.5. The Kier molecular flexibility index (Phi) is 10.1. The summed E-state index contributed by atoms with van der Waals surface area (Å²) in [7, 11) is 7.04. The first-order valence-electron chi connectivity index (χ1n) is 16.0. The second kappa shape index (κ2) is 14.3. The maximum atomic E-state index is 13.8. The molecule has 0 radical (unpaired) electrons. The number of carbonyl (C=O) groups is 1. The van der Waals surface area contributed by atoms with E-state index in [1.165, 1.54) is 19.2 Å². The van der Waals surface area contributed by atoms with E-state index in [1.54, 1.807) is 23.9 Å². The number of phenols is 1. The average molecular weight is 704 g/mol. The van der Waals surface area contributed by atoms with Crippen LogP contribution in [0.15, 0.2) is 48.5 Å². The summed E-state index contributed by atoms with van der Waals surface area (Å²) in [5.74, 6) is 0.716. The number of halogens is 2. The van der Waals surface area contributed by atoms with Gasteiger partial charge in [-0.3, -0.25) is 9.36 Å². The Labute approximate surface area is 293 Å². The number of methoxy groups -OCH3 is 1. The Hall–Kier alpha value is -4.32. The molecule has 256 valence electrons. The van der Waals surface area contributed by atoms with Crippen LogP contribution in [-0.4, -0.2) is 54.0 Å². The fraction of sp³-hybridized carbons (Fsp3) is 0.324. The number of ether oxygens (including phenoxy) is 1. The van der Waals surface area contributed by atoms with Gasteiger partial charge in [-0.25, -0.2) is 9.18 Å². The van der Waals surface area contributed by atoms with Crippen LogP contribution in [0.1, 0.15) is 50.7 Å². The molecule has 0 atom stereocenters. The van der Waals surface area contributed by atoms with Crippen molar-refractivity contribution in [2.75, 3.05) is 13.7 Å². The highest BCUT2D eigenvalue weighted by atomic mass is 35.5. The average Bonchev–Trinajstić information content (AvgIpc) is 3.67. The lowest BCUT2D eigenvalue weighted by Gasteiger charge is -2.13. The number of aryl methyl sites for hydroxylation is 7. The normalized spacial score (nSPS) is 11.7. The molecule has 3 aromatic carbocycles. The molecular weight excluding hydrogens is 665 g/mol. The number of fused-ring (bicyclic) bond motifs is 2. The first kappa shape index (κ1) is 34.5. The number of thioether (sulfide) groups is 1. The number of nitrogens with zero attached hydrogens (tertiary/aromatic N) is 5. The zero-order valence-electron chi connectivity index (χ0n) is 28.2. The Morgan fingerprint density at radius 1 is 0.959 bits per heavy atom. The second-order valence-corrected chi connectivity index (χ2v) is 13.7. The van der Waals surface area contributed by atoms with Crippen LogP contribution in [0.5, 0.6) is 5.75 Å². The van der Waals surface area contributed by atoms with Crippen molar-refractivity contribution in [3.05, 3.63) is 98.8 Å². The van der Waals surface area contributed by atoms with Crippen molar-refractivity contribution >= 4 is 51.0 Å². The Morgan fingerprint density at radius 2 is 1.73 bits per heavy atom. The number of carbonyl (C=O) groups excluding carboxylic acids is 1. The molecular formula is C37H39ClFN5O4S. The first-order valence-corrected chi connectivity index (χ1v) is 17.6. The molecule has 2 N–H and O–H groups in total. The number of aliphatic hydroxyl groups is 1. The number of rotatable bonds is 12. The molecule has 0 saturated heterocycles. The van der Waals surface area contributed by atoms with Crippen molar-refractivity contribution in [1.82, 2.24) is 24.1 Å². The molecule has 0 spiro atoms. The minimum atomic E-state index is -0.439. The quantitative estimate of drug-likeness (QED) is 0.130. The lowest BCUT2D eigenvalue weighted by atomic mass is 10.0. The zero-order valence-corrected chi connectivity index (χ0v) is 29.8. The summed E-state index contributed by atoms with van der Waals surface area (Å²) in [4.78, 5) is 13.0. The predicted octanol–water partition coefficient (Wildman–Crippen LogP) is 7.20. The van der Waals surface area contributed by atoms with Gasteiger partial charge in [0.1, 0.15) is 17.3 Å². The topological polar surface area (TPSA) is 107 Å². The summed E-state index contributed by atoms with van der Waals surface area (Å²) >= 11 is 8.68. The third-order valence-corrected chi connectivity index (χ3v) is 10.4. The van der Waals surface area contributed by atoms with Gasteiger partial charge in [-0.05, 0) is 85.5 Å². The standard InChI is InChI=1S/C37H39ClFN5O4S/c1-21-30(20-49-19-25-18-26(43(3)41-25)10-8-22-15-23-17-24(39)9-11-27(23)32(46)16-22)35(44(4)40-21)33-31(38)13-12-29-28(7-6-14-45)36(37(47)48-5)42(2)34(29)33/h9,11-13,15-18,45-46H,6-8,10,14,19-20H2,1-5H3. The largest absolute Gasteiger partial charge is 0.507 e. The monoisotopic (exact) mass is 703 g/mol. The van der Waals surface area contributed by atoms with E-state index in [9.17, 15) is 19.4 Å². The van der Waals surface area contributed by atoms with Gasteiger partial charge in [-0.15, -0.1) is 0 Å². The zero-order chi connectivity index (χ0) is 35.0. The van der Waals surface area contributed by atoms with E-state index >= 15 is 0 Å². The van der Waals surface area contributed by atoms with E-state index < -0.39 is 5.97 Å². The maximum absolute atomic E-state index is 13.8. The Balaban J connectivity index is 1.24. The van der Waals surface area contributed by atoms with E-state index in [4.69, 9.17) is 26.5 Å². The Morgan fingerprint density at radius 3 is 2.49 bits per heavy atom. The van der Waals surface area contributed by atoms with Gasteiger partial charge in [0, 0.05) is 66.8 Å². The molecule has 12 heteroatoms. The summed E-state index contributed by atoms with van der Waals surface area (Å²) in [5, 5.41) is 32.3. The summed E-state index contributed by atoms with van der Waals surface area (Å²) < 4.78 is 24.5. The number of hydrogen-bond donors (Lipinski definition) is 2. The maximum Gasteiger partial charge on any atom is 0.354 e. The molecule has 6 rings (SSSR count). The second-order valence-electron chi connectivity index (χ2n) is 12.3. The third kappa shape index (κ3) is 6.67. The van der Waals surface area contributed by atoms with Gasteiger partial charge in [-0.2, -0.15) is 22.0 Å². The molecule has 0 amide bonds. The molecule has 3 aromatic heterocycles. The van der Waals surface area contributed by atoms with Crippen LogP contribution in [-0.2, 0) is 56.6 Å². The minimum Gasteiger partial charge on any atom is -0.507 e. The molecule has 0 unspecified atom stereocenters. The van der Waals surface area contributed by atoms with Crippen LogP contribution in [0.4, 0.5) is 4.39 Å². The van der Waals surface area contributed by atoms with Gasteiger partial charge in [0.15, 0.2) is 0 Å². The van der Waals surface area contributed by atoms with E-state index in [0.717, 1.165) is 55.9 Å². The highest BCUT2D eigenvalue weighted by Gasteiger charge is 2.27. The van der Waals surface area contributed by atoms with Crippen LogP contribution in [0.2, 0.25) is 5.02 Å². The fourth-order valence-corrected chi connectivity index (χ4v) is 8.05. The van der Waals surface area contributed by atoms with Crippen molar-refractivity contribution in [2.24, 2.45) is 21.1 Å². The van der Waals surface area contributed by atoms with Crippen LogP contribution >= 0.6 is 23.4 Å². The van der Waals surface area contributed by atoms with Gasteiger partial charge in [-0.1, -0.05) is 23.7 Å². The highest BCUT2D eigenvalue weighted by Crippen LogP contribution is 2.42. The number of hydrogen-bond acceptors (Lipinski definition) is 7. The third-order valence-electron chi connectivity index (χ3n) is 9.10. The number of aliphatic hydroxyl groups excluding tert-OH is 1. The Bertz CT molecular complexity index is 2200. The van der Waals surface area contributed by atoms with Crippen LogP contribution < -0.4 is 0 Å². The van der Waals surface area contributed by atoms with Crippen LogP contribution in [0, 0.1) is 12.7 Å². The number of aromatic nitrogens is 5. The van der Waals surface area contributed by atoms with Crippen molar-refractivity contribution in [1.29, 1.82) is 0 Å². The van der Waals surface area contributed by atoms with E-state index in [2.05, 4.69) is 6.07 Å². The molecule has 6 aromatic rings. The minimum absolute atomic E-state index is 0.00875. The van der Waals surface area contributed by atoms with E-state index in [1.807, 2.05) is 60.2 Å². The van der Waals surface area contributed by atoms with Crippen LogP contribution in [0.3, 0.4) is 0 Å². The molecule has 49 heavy (non-hydrogen) atoms. The van der Waals surface area contributed by atoms with Crippen molar-refractivity contribution in [3.63, 3.8) is 0 Å². The smallest absolute Gasteiger partial charge is 0.354 e. The number of benzene rings is 3. The van der Waals surface area contributed by atoms with Gasteiger partial charge >= 0.3 is 5.97 Å². The molecule has 9 nitrogen and oxygen atoms in total. The molecule has 3 heterocycles. The number of aromatic hydroxyl groups is 1.